The van der Waals surface area contributed by atoms with Crippen LogP contribution in [0, 0.1) is 20.2 Å². The number of nitrogens with one attached hydrogen (secondary N) is 2. The summed E-state index contributed by atoms with van der Waals surface area (Å²) >= 11 is 0. The fourth-order valence-corrected chi connectivity index (χ4v) is 6.42. The Morgan fingerprint density at radius 1 is 0.898 bits per heavy atom. The number of para-hydroxylation sites is 1. The first kappa shape index (κ1) is 41.8. The predicted octanol–water partition coefficient (Wildman–Crippen LogP) is 3.27. The first-order valence-corrected chi connectivity index (χ1v) is 18.7. The van der Waals surface area contributed by atoms with Gasteiger partial charge in [0.15, 0.2) is 5.69 Å². The molecule has 2 amide bonds. The van der Waals surface area contributed by atoms with Crippen LogP contribution in [-0.4, -0.2) is 134 Å². The molecule has 21 heteroatoms. The van der Waals surface area contributed by atoms with Crippen LogP contribution in [0.3, 0.4) is 0 Å². The lowest BCUT2D eigenvalue weighted by Gasteiger charge is -2.39. The van der Waals surface area contributed by atoms with Crippen LogP contribution in [-0.2, 0) is 32.2 Å². The number of ether oxygens (including phenoxy) is 4. The van der Waals surface area contributed by atoms with Crippen molar-refractivity contribution in [2.75, 3.05) is 71.1 Å². The second-order valence-corrected chi connectivity index (χ2v) is 13.2. The second kappa shape index (κ2) is 20.0. The van der Waals surface area contributed by atoms with Crippen LogP contribution in [0.1, 0.15) is 33.3 Å². The number of hydrogen-bond donors (Lipinski definition) is 2. The van der Waals surface area contributed by atoms with Crippen LogP contribution in [0.25, 0.3) is 11.0 Å². The van der Waals surface area contributed by atoms with Crippen LogP contribution in [0.2, 0.25) is 0 Å². The molecule has 5 aromatic rings. The number of benzene rings is 2. The van der Waals surface area contributed by atoms with Gasteiger partial charge in [0.2, 0.25) is 0 Å². The van der Waals surface area contributed by atoms with Crippen molar-refractivity contribution in [2.45, 2.75) is 26.1 Å². The van der Waals surface area contributed by atoms with Gasteiger partial charge in [-0.25, -0.2) is 9.67 Å². The predicted molar refractivity (Wildman–Crippen MR) is 209 cm³/mol. The molecule has 4 heterocycles. The molecule has 3 aromatic heterocycles. The topological polar surface area (TPSA) is 252 Å². The van der Waals surface area contributed by atoms with Crippen molar-refractivity contribution in [1.29, 1.82) is 0 Å². The van der Waals surface area contributed by atoms with Crippen molar-refractivity contribution < 1.29 is 43.2 Å². The minimum absolute atomic E-state index is 0.110. The van der Waals surface area contributed by atoms with Gasteiger partial charge in [0.1, 0.15) is 23.7 Å². The summed E-state index contributed by atoms with van der Waals surface area (Å²) in [5.74, 6) is -1.12. The molecule has 0 radical (unpaired) electrons. The number of nitro groups is 2. The van der Waals surface area contributed by atoms with Gasteiger partial charge >= 0.3 is 0 Å². The molecule has 6 rings (SSSR count). The van der Waals surface area contributed by atoms with Gasteiger partial charge < -0.3 is 39.0 Å². The van der Waals surface area contributed by atoms with Crippen LogP contribution in [0.4, 0.5) is 17.1 Å². The third-order valence-electron chi connectivity index (χ3n) is 9.29. The van der Waals surface area contributed by atoms with E-state index in [4.69, 9.17) is 18.9 Å². The molecule has 1 aliphatic rings. The SMILES string of the molecule is C[C@@H]1CN(C(=O)c2ccccc2)CCN1C(=O)C(=O)c1c[nH]c2nccc(OCCOCCn3cc(COCCOCCNc4c([N+](=O)[O-])cccc4[N+](=O)[O-])nn3)c12. The molecular weight excluding hydrogens is 772 g/mol. The van der Waals surface area contributed by atoms with E-state index in [9.17, 15) is 34.6 Å². The van der Waals surface area contributed by atoms with Crippen molar-refractivity contribution >= 4 is 45.7 Å². The summed E-state index contributed by atoms with van der Waals surface area (Å²) in [5, 5.41) is 33.7. The first-order chi connectivity index (χ1) is 28.6. The van der Waals surface area contributed by atoms with Gasteiger partial charge in [-0.2, -0.15) is 0 Å². The Morgan fingerprint density at radius 3 is 2.37 bits per heavy atom. The Bertz CT molecular complexity index is 2230. The molecule has 2 N–H and O–H groups in total. The van der Waals surface area contributed by atoms with Crippen LogP contribution < -0.4 is 10.1 Å². The maximum Gasteiger partial charge on any atom is 0.299 e. The number of hydrogen-bond acceptors (Lipinski definition) is 15. The van der Waals surface area contributed by atoms with Gasteiger partial charge in [-0.05, 0) is 31.2 Å². The van der Waals surface area contributed by atoms with E-state index in [1.165, 1.54) is 35.5 Å². The van der Waals surface area contributed by atoms with E-state index in [0.717, 1.165) is 0 Å². The number of carbonyl (C=O) groups is 3. The van der Waals surface area contributed by atoms with Crippen LogP contribution in [0.15, 0.2) is 73.2 Å². The maximum atomic E-state index is 13.6. The highest BCUT2D eigenvalue weighted by atomic mass is 16.6. The number of aromatic nitrogens is 5. The van der Waals surface area contributed by atoms with E-state index in [-0.39, 0.29) is 75.9 Å². The Hall–Kier alpha value is -6.84. The van der Waals surface area contributed by atoms with Crippen LogP contribution in [0.5, 0.6) is 5.75 Å². The van der Waals surface area contributed by atoms with Crippen molar-refractivity contribution in [2.24, 2.45) is 0 Å². The molecule has 2 aromatic carbocycles. The third kappa shape index (κ3) is 10.6. The normalized spacial score (nSPS) is 14.0. The molecule has 59 heavy (non-hydrogen) atoms. The molecule has 1 atom stereocenters. The Morgan fingerprint density at radius 2 is 1.63 bits per heavy atom. The number of rotatable bonds is 21. The highest BCUT2D eigenvalue weighted by molar-refractivity contribution is 6.45. The molecule has 310 valence electrons. The number of pyridine rings is 1. The van der Waals surface area contributed by atoms with Crippen molar-refractivity contribution in [3.05, 3.63) is 110 Å². The molecule has 21 nitrogen and oxygen atoms in total. The van der Waals surface area contributed by atoms with Gasteiger partial charge in [0, 0.05) is 62.3 Å². The van der Waals surface area contributed by atoms with Crippen molar-refractivity contribution in [1.82, 2.24) is 34.8 Å². The number of anilines is 1. The molecular formula is C38H42N10O11. The molecule has 0 spiro atoms. The summed E-state index contributed by atoms with van der Waals surface area (Å²) in [7, 11) is 0. The minimum Gasteiger partial charge on any atom is -0.490 e. The van der Waals surface area contributed by atoms with Crippen molar-refractivity contribution in [3.8, 4) is 5.75 Å². The van der Waals surface area contributed by atoms with Gasteiger partial charge in [0.05, 0.1) is 73.2 Å². The highest BCUT2D eigenvalue weighted by Crippen LogP contribution is 2.33. The molecule has 0 unspecified atom stereocenters. The standard InChI is InChI=1S/C38H42N10O11/c1-26-23-44(37(50)27-6-3-2-4-7-27)13-14-46(26)38(51)35(49)29-22-41-36-33(29)32(10-11-40-36)59-21-20-57-17-15-45-24-28(42-43-45)25-58-19-18-56-16-12-39-34-30(47(52)53)8-5-9-31(34)48(54)55/h2-11,22,24,26,39H,12-21,23,25H2,1H3,(H,40,41)/t26-/m1/s1. The van der Waals surface area contributed by atoms with E-state index in [2.05, 4.69) is 25.6 Å². The molecule has 0 aliphatic carbocycles. The zero-order valence-corrected chi connectivity index (χ0v) is 32.1. The van der Waals surface area contributed by atoms with Gasteiger partial charge in [-0.3, -0.25) is 34.6 Å². The summed E-state index contributed by atoms with van der Waals surface area (Å²) < 4.78 is 24.3. The number of ketones is 1. The fraction of sp³-hybridized carbons (Fsp3) is 0.368. The van der Waals surface area contributed by atoms with E-state index in [1.54, 1.807) is 46.1 Å². The lowest BCUT2D eigenvalue weighted by molar-refractivity contribution is -0.392. The monoisotopic (exact) mass is 814 g/mol. The van der Waals surface area contributed by atoms with Crippen LogP contribution >= 0.6 is 0 Å². The Balaban J connectivity index is 0.875. The van der Waals surface area contributed by atoms with E-state index in [1.807, 2.05) is 13.0 Å². The number of fused-ring (bicyclic) bond motifs is 1. The zero-order chi connectivity index (χ0) is 41.7. The van der Waals surface area contributed by atoms with Crippen molar-refractivity contribution in [3.63, 3.8) is 0 Å². The number of amides is 2. The molecule has 1 aliphatic heterocycles. The largest absolute Gasteiger partial charge is 0.490 e. The summed E-state index contributed by atoms with van der Waals surface area (Å²) in [6.45, 7) is 4.60. The Kier molecular flexibility index (Phi) is 14.2. The number of piperazine rings is 1. The number of aromatic amines is 1. The van der Waals surface area contributed by atoms with Gasteiger partial charge in [-0.15, -0.1) is 5.10 Å². The average molecular weight is 815 g/mol. The summed E-state index contributed by atoms with van der Waals surface area (Å²) in [4.78, 5) is 71.5. The van der Waals surface area contributed by atoms with E-state index >= 15 is 0 Å². The minimum atomic E-state index is -0.703. The van der Waals surface area contributed by atoms with Gasteiger partial charge in [0.25, 0.3) is 29.0 Å². The summed E-state index contributed by atoms with van der Waals surface area (Å²) in [5.41, 5.74) is 0.727. The van der Waals surface area contributed by atoms with Gasteiger partial charge in [-0.1, -0.05) is 23.4 Å². The molecule has 0 saturated carbocycles. The maximum absolute atomic E-state index is 13.6. The lowest BCUT2D eigenvalue weighted by atomic mass is 10.1. The number of H-pyrrole nitrogens is 1. The second-order valence-electron chi connectivity index (χ2n) is 13.2. The van der Waals surface area contributed by atoms with E-state index in [0.29, 0.717) is 54.3 Å². The molecule has 0 bridgehead atoms. The third-order valence-corrected chi connectivity index (χ3v) is 9.29. The smallest absolute Gasteiger partial charge is 0.299 e. The summed E-state index contributed by atoms with van der Waals surface area (Å²) in [6.07, 6.45) is 4.71. The Labute approximate surface area is 336 Å². The number of nitrogens with zero attached hydrogens (tertiary/aromatic N) is 8. The highest BCUT2D eigenvalue weighted by Gasteiger charge is 2.35. The fourth-order valence-electron chi connectivity index (χ4n) is 6.42. The zero-order valence-electron chi connectivity index (χ0n) is 32.1. The summed E-state index contributed by atoms with van der Waals surface area (Å²) in [6, 6.07) is 13.8. The lowest BCUT2D eigenvalue weighted by Crippen LogP contribution is -2.56. The molecule has 1 saturated heterocycles. The quantitative estimate of drug-likeness (QED) is 0.0355. The van der Waals surface area contributed by atoms with E-state index < -0.39 is 32.9 Å². The average Bonchev–Trinajstić information content (AvgIpc) is 3.90. The first-order valence-electron chi connectivity index (χ1n) is 18.7. The number of carbonyl (C=O) groups excluding carboxylic acids is 3. The number of Topliss-reactive ketones (excluding diaryl/α,β-unsaturated/α-hetero) is 1. The molecule has 1 fully saturated rings. The number of nitro benzene ring substituents is 2.